The van der Waals surface area contributed by atoms with Crippen LogP contribution < -0.4 is 10.1 Å². The van der Waals surface area contributed by atoms with Gasteiger partial charge in [-0.3, -0.25) is 19.9 Å². The Morgan fingerprint density at radius 3 is 2.76 bits per heavy atom. The van der Waals surface area contributed by atoms with Crippen LogP contribution in [0.15, 0.2) is 35.3 Å². The lowest BCUT2D eigenvalue weighted by Crippen LogP contribution is -2.32. The number of carbonyl (C=O) groups excluding carboxylic acids is 2. The predicted octanol–water partition coefficient (Wildman–Crippen LogP) is 4.46. The Labute approximate surface area is 175 Å². The fourth-order valence-electron chi connectivity index (χ4n) is 2.93. The van der Waals surface area contributed by atoms with Gasteiger partial charge < -0.3 is 4.74 Å². The van der Waals surface area contributed by atoms with E-state index in [1.165, 1.54) is 0 Å². The monoisotopic (exact) mass is 440 g/mol. The summed E-state index contributed by atoms with van der Waals surface area (Å²) in [5, 5.41) is 2.35. The van der Waals surface area contributed by atoms with E-state index in [2.05, 4.69) is 4.99 Å². The van der Waals surface area contributed by atoms with Crippen LogP contribution in [0.1, 0.15) is 22.8 Å². The predicted molar refractivity (Wildman–Crippen MR) is 106 cm³/mol. The number of rotatable bonds is 5. The number of halogens is 4. The van der Waals surface area contributed by atoms with Crippen molar-refractivity contribution in [1.82, 2.24) is 5.32 Å². The molecule has 2 aromatic rings. The fourth-order valence-corrected chi connectivity index (χ4v) is 3.16. The molecule has 3 rings (SSSR count). The van der Waals surface area contributed by atoms with Crippen LogP contribution in [-0.2, 0) is 11.2 Å². The summed E-state index contributed by atoms with van der Waals surface area (Å²) >= 11 is 11.3. The standard InChI is InChI=1S/C20H16Cl2F2N2O3/c1-10-6-11-2-3-12(22)7-14(11)25-15(10)9-29-16-5-4-13(23)18(19(16)24)20(28)26-17(27)8-21/h2-5,7,10H,6,8-9H2,1H3,(H,26,27,28). The van der Waals surface area contributed by atoms with Crippen molar-refractivity contribution in [3.8, 4) is 5.75 Å². The van der Waals surface area contributed by atoms with Crippen LogP contribution in [0, 0.1) is 17.6 Å². The van der Waals surface area contributed by atoms with Crippen LogP contribution in [-0.4, -0.2) is 30.0 Å². The maximum absolute atomic E-state index is 14.7. The van der Waals surface area contributed by atoms with Gasteiger partial charge in [0.25, 0.3) is 5.91 Å². The van der Waals surface area contributed by atoms with E-state index in [1.54, 1.807) is 17.4 Å². The summed E-state index contributed by atoms with van der Waals surface area (Å²) < 4.78 is 34.1. The van der Waals surface area contributed by atoms with E-state index in [-0.39, 0.29) is 18.3 Å². The molecule has 0 aliphatic carbocycles. The lowest BCUT2D eigenvalue weighted by molar-refractivity contribution is -0.117. The number of fused-ring (bicyclic) bond motifs is 1. The quantitative estimate of drug-likeness (QED) is 0.697. The van der Waals surface area contributed by atoms with Gasteiger partial charge in [0.2, 0.25) is 5.91 Å². The Bertz CT molecular complexity index is 1010. The molecule has 2 aromatic carbocycles. The third-order valence-electron chi connectivity index (χ3n) is 4.44. The number of imide groups is 1. The Morgan fingerprint density at radius 2 is 2.03 bits per heavy atom. The number of nitrogens with one attached hydrogen (secondary N) is 1. The normalized spacial score (nSPS) is 15.3. The molecule has 1 unspecified atom stereocenters. The van der Waals surface area contributed by atoms with Gasteiger partial charge >= 0.3 is 0 Å². The van der Waals surface area contributed by atoms with Crippen molar-refractivity contribution in [1.29, 1.82) is 0 Å². The lowest BCUT2D eigenvalue weighted by Gasteiger charge is -2.22. The van der Waals surface area contributed by atoms with Crippen LogP contribution in [0.3, 0.4) is 0 Å². The highest BCUT2D eigenvalue weighted by Crippen LogP contribution is 2.31. The Hall–Kier alpha value is -2.51. The molecule has 1 N–H and O–H groups in total. The summed E-state index contributed by atoms with van der Waals surface area (Å²) in [6.45, 7) is 1.90. The highest BCUT2D eigenvalue weighted by atomic mass is 35.5. The highest BCUT2D eigenvalue weighted by molar-refractivity contribution is 6.31. The first-order valence-electron chi connectivity index (χ1n) is 8.67. The number of nitrogens with zero attached hydrogens (tertiary/aromatic N) is 1. The molecule has 1 atom stereocenters. The number of aliphatic imine (C=N–C) groups is 1. The maximum atomic E-state index is 14.7. The third kappa shape index (κ3) is 4.74. The van der Waals surface area contributed by atoms with Gasteiger partial charge in [-0.25, -0.2) is 8.78 Å². The summed E-state index contributed by atoms with van der Waals surface area (Å²) in [6.07, 6.45) is 0.717. The first kappa shape index (κ1) is 21.2. The number of hydrogen-bond acceptors (Lipinski definition) is 4. The van der Waals surface area contributed by atoms with E-state index < -0.39 is 34.9 Å². The molecule has 1 aliphatic heterocycles. The van der Waals surface area contributed by atoms with Crippen LogP contribution in [0.2, 0.25) is 5.02 Å². The van der Waals surface area contributed by atoms with Crippen molar-refractivity contribution < 1.29 is 23.1 Å². The molecule has 152 valence electrons. The fraction of sp³-hybridized carbons (Fsp3) is 0.250. The largest absolute Gasteiger partial charge is 0.485 e. The van der Waals surface area contributed by atoms with E-state index in [0.717, 1.165) is 24.1 Å². The lowest BCUT2D eigenvalue weighted by atomic mass is 9.92. The van der Waals surface area contributed by atoms with Gasteiger partial charge in [-0.05, 0) is 36.2 Å². The van der Waals surface area contributed by atoms with E-state index in [1.807, 2.05) is 13.0 Å². The van der Waals surface area contributed by atoms with Crippen molar-refractivity contribution in [2.45, 2.75) is 13.3 Å². The average Bonchev–Trinajstić information content (AvgIpc) is 2.67. The van der Waals surface area contributed by atoms with Gasteiger partial charge in [0.05, 0.1) is 11.4 Å². The molecule has 29 heavy (non-hydrogen) atoms. The Morgan fingerprint density at radius 1 is 1.28 bits per heavy atom. The van der Waals surface area contributed by atoms with Crippen LogP contribution >= 0.6 is 23.2 Å². The van der Waals surface area contributed by atoms with Crippen molar-refractivity contribution in [3.05, 3.63) is 58.1 Å². The molecule has 1 aliphatic rings. The SMILES string of the molecule is CC1Cc2ccc(Cl)cc2N=C1COc1ccc(F)c(C(=O)NC(=O)CCl)c1F. The summed E-state index contributed by atoms with van der Waals surface area (Å²) in [6, 6.07) is 7.39. The summed E-state index contributed by atoms with van der Waals surface area (Å²) in [4.78, 5) is 27.7. The van der Waals surface area contributed by atoms with Gasteiger partial charge in [-0.1, -0.05) is 24.6 Å². The van der Waals surface area contributed by atoms with E-state index in [9.17, 15) is 18.4 Å². The van der Waals surface area contributed by atoms with Gasteiger partial charge in [0, 0.05) is 10.9 Å². The van der Waals surface area contributed by atoms with Gasteiger partial charge in [-0.15, -0.1) is 11.6 Å². The van der Waals surface area contributed by atoms with Crippen molar-refractivity contribution in [2.24, 2.45) is 10.9 Å². The smallest absolute Gasteiger partial charge is 0.263 e. The summed E-state index contributed by atoms with van der Waals surface area (Å²) in [7, 11) is 0. The Kier molecular flexibility index (Phi) is 6.49. The number of alkyl halides is 1. The minimum Gasteiger partial charge on any atom is -0.485 e. The molecule has 0 spiro atoms. The van der Waals surface area contributed by atoms with Gasteiger partial charge in [0.1, 0.15) is 23.9 Å². The van der Waals surface area contributed by atoms with Crippen LogP contribution in [0.5, 0.6) is 5.75 Å². The minimum atomic E-state index is -1.23. The van der Waals surface area contributed by atoms with Crippen molar-refractivity contribution in [2.75, 3.05) is 12.5 Å². The molecule has 0 saturated heterocycles. The van der Waals surface area contributed by atoms with Gasteiger partial charge in [-0.2, -0.15) is 0 Å². The molecule has 1 heterocycles. The zero-order valence-corrected chi connectivity index (χ0v) is 16.8. The molecule has 0 fully saturated rings. The Balaban J connectivity index is 1.81. The topological polar surface area (TPSA) is 67.8 Å². The molecule has 2 amide bonds. The number of amides is 2. The molecule has 0 aromatic heterocycles. The maximum Gasteiger partial charge on any atom is 0.263 e. The second-order valence-corrected chi connectivity index (χ2v) is 7.22. The molecular weight excluding hydrogens is 425 g/mol. The van der Waals surface area contributed by atoms with E-state index in [4.69, 9.17) is 27.9 Å². The minimum absolute atomic E-state index is 0.0382. The number of ether oxygens (including phenoxy) is 1. The highest BCUT2D eigenvalue weighted by Gasteiger charge is 2.24. The molecule has 5 nitrogen and oxygen atoms in total. The van der Waals surface area contributed by atoms with E-state index >= 15 is 0 Å². The molecule has 0 bridgehead atoms. The molecular formula is C20H16Cl2F2N2O3. The first-order valence-corrected chi connectivity index (χ1v) is 9.58. The van der Waals surface area contributed by atoms with Crippen molar-refractivity contribution in [3.63, 3.8) is 0 Å². The summed E-state index contributed by atoms with van der Waals surface area (Å²) in [5.41, 5.74) is 1.50. The van der Waals surface area contributed by atoms with Gasteiger partial charge in [0.15, 0.2) is 11.6 Å². The number of benzene rings is 2. The zero-order chi connectivity index (χ0) is 21.1. The third-order valence-corrected chi connectivity index (χ3v) is 4.92. The van der Waals surface area contributed by atoms with Crippen molar-refractivity contribution >= 4 is 46.4 Å². The molecule has 0 radical (unpaired) electrons. The number of hydrogen-bond donors (Lipinski definition) is 1. The first-order chi connectivity index (χ1) is 13.8. The molecule has 0 saturated carbocycles. The summed E-state index contributed by atoms with van der Waals surface area (Å²) in [5.74, 6) is -5.25. The number of carbonyl (C=O) groups is 2. The van der Waals surface area contributed by atoms with Crippen LogP contribution in [0.4, 0.5) is 14.5 Å². The average molecular weight is 441 g/mol. The molecule has 9 heteroatoms. The second-order valence-electron chi connectivity index (χ2n) is 6.52. The van der Waals surface area contributed by atoms with E-state index in [0.29, 0.717) is 16.4 Å². The second kappa shape index (κ2) is 8.88. The zero-order valence-electron chi connectivity index (χ0n) is 15.3. The van der Waals surface area contributed by atoms with Crippen LogP contribution in [0.25, 0.3) is 0 Å².